The summed E-state index contributed by atoms with van der Waals surface area (Å²) >= 11 is 0. The van der Waals surface area contributed by atoms with Crippen LogP contribution in [0.4, 0.5) is 11.4 Å². The Balaban J connectivity index is 1.57. The Morgan fingerprint density at radius 3 is 2.15 bits per heavy atom. The molecule has 1 heterocycles. The van der Waals surface area contributed by atoms with E-state index in [0.717, 1.165) is 6.26 Å². The van der Waals surface area contributed by atoms with Crippen molar-refractivity contribution in [2.24, 2.45) is 5.92 Å². The van der Waals surface area contributed by atoms with Crippen LogP contribution in [0.5, 0.6) is 0 Å². The summed E-state index contributed by atoms with van der Waals surface area (Å²) in [5.74, 6) is -1.24. The number of benzene rings is 2. The molecule has 0 aliphatic carbocycles. The Morgan fingerprint density at radius 2 is 1.56 bits per heavy atom. The molecule has 12 heteroatoms. The summed E-state index contributed by atoms with van der Waals surface area (Å²) in [4.78, 5) is 24.2. The number of sulfone groups is 1. The fourth-order valence-corrected chi connectivity index (χ4v) is 5.74. The van der Waals surface area contributed by atoms with Crippen molar-refractivity contribution >= 4 is 43.1 Å². The summed E-state index contributed by atoms with van der Waals surface area (Å²) < 4.78 is 55.0. The van der Waals surface area contributed by atoms with E-state index in [1.165, 1.54) is 47.8 Å². The zero-order valence-electron chi connectivity index (χ0n) is 18.9. The highest BCUT2D eigenvalue weighted by atomic mass is 32.2. The number of hydrogen-bond acceptors (Lipinski definition) is 8. The van der Waals surface area contributed by atoms with E-state index in [4.69, 9.17) is 4.74 Å². The molecule has 1 saturated heterocycles. The number of nitrogens with zero attached hydrogens (tertiary/aromatic N) is 1. The van der Waals surface area contributed by atoms with Crippen LogP contribution < -0.4 is 10.6 Å². The third-order valence-electron chi connectivity index (χ3n) is 5.43. The van der Waals surface area contributed by atoms with Gasteiger partial charge in [-0.3, -0.25) is 9.59 Å². The van der Waals surface area contributed by atoms with Gasteiger partial charge >= 0.3 is 5.97 Å². The molecule has 2 aromatic rings. The van der Waals surface area contributed by atoms with Crippen molar-refractivity contribution in [1.29, 1.82) is 0 Å². The average molecular weight is 510 g/mol. The van der Waals surface area contributed by atoms with E-state index in [2.05, 4.69) is 10.6 Å². The normalized spacial score (nSPS) is 17.1. The number of piperidine rings is 1. The van der Waals surface area contributed by atoms with Crippen LogP contribution in [0.15, 0.2) is 58.3 Å². The summed E-state index contributed by atoms with van der Waals surface area (Å²) in [5.41, 5.74) is 1.00. The van der Waals surface area contributed by atoms with Gasteiger partial charge in [-0.2, -0.15) is 4.31 Å². The number of amides is 1. The summed E-state index contributed by atoms with van der Waals surface area (Å²) in [6.07, 6.45) is 2.27. The number of rotatable bonds is 8. The molecular formula is C22H27N3O7S2. The second-order valence-electron chi connectivity index (χ2n) is 7.95. The maximum atomic E-state index is 13.0. The molecule has 0 radical (unpaired) electrons. The van der Waals surface area contributed by atoms with E-state index in [9.17, 15) is 26.4 Å². The molecule has 0 bridgehead atoms. The number of anilines is 2. The number of nitrogens with one attached hydrogen (secondary N) is 2. The number of methoxy groups -OCH3 is 1. The Kier molecular flexibility index (Phi) is 7.95. The van der Waals surface area contributed by atoms with Gasteiger partial charge < -0.3 is 15.4 Å². The molecule has 0 saturated carbocycles. The lowest BCUT2D eigenvalue weighted by molar-refractivity contribution is -0.146. The molecule has 1 aliphatic rings. The molecule has 1 unspecified atom stereocenters. The van der Waals surface area contributed by atoms with Crippen LogP contribution in [0.3, 0.4) is 0 Å². The largest absolute Gasteiger partial charge is 0.469 e. The van der Waals surface area contributed by atoms with E-state index in [1.807, 2.05) is 0 Å². The number of esters is 1. The maximum Gasteiger partial charge on any atom is 0.309 e. The molecule has 2 aromatic carbocycles. The summed E-state index contributed by atoms with van der Waals surface area (Å²) in [5, 5.41) is 5.56. The Morgan fingerprint density at radius 1 is 0.971 bits per heavy atom. The smallest absolute Gasteiger partial charge is 0.309 e. The van der Waals surface area contributed by atoms with Gasteiger partial charge in [-0.05, 0) is 61.4 Å². The number of carbonyl (C=O) groups is 2. The number of carbonyl (C=O) groups excluding carboxylic acids is 2. The monoisotopic (exact) mass is 509 g/mol. The lowest BCUT2D eigenvalue weighted by atomic mass is 10.0. The fourth-order valence-electron chi connectivity index (χ4n) is 3.59. The minimum Gasteiger partial charge on any atom is -0.469 e. The first-order valence-electron chi connectivity index (χ1n) is 10.5. The molecular weight excluding hydrogens is 482 g/mol. The number of ether oxygens (including phenoxy) is 1. The van der Waals surface area contributed by atoms with Crippen LogP contribution in [0.2, 0.25) is 0 Å². The van der Waals surface area contributed by atoms with Crippen molar-refractivity contribution in [1.82, 2.24) is 4.31 Å². The van der Waals surface area contributed by atoms with E-state index in [0.29, 0.717) is 30.8 Å². The molecule has 1 atom stereocenters. The number of hydrogen-bond donors (Lipinski definition) is 2. The first kappa shape index (κ1) is 25.7. The van der Waals surface area contributed by atoms with Gasteiger partial charge in [0.1, 0.15) is 0 Å². The third kappa shape index (κ3) is 6.33. The Bertz CT molecular complexity index is 1240. The molecule has 2 N–H and O–H groups in total. The zero-order chi connectivity index (χ0) is 24.9. The molecule has 1 aliphatic heterocycles. The van der Waals surface area contributed by atoms with Crippen molar-refractivity contribution in [3.63, 3.8) is 0 Å². The first-order chi connectivity index (χ1) is 16.0. The van der Waals surface area contributed by atoms with Gasteiger partial charge in [0, 0.05) is 30.7 Å². The van der Waals surface area contributed by atoms with Gasteiger partial charge in [0.2, 0.25) is 15.9 Å². The number of sulfonamides is 1. The van der Waals surface area contributed by atoms with Crippen LogP contribution in [0.1, 0.15) is 12.8 Å². The zero-order valence-corrected chi connectivity index (χ0v) is 20.5. The van der Waals surface area contributed by atoms with Crippen LogP contribution in [0, 0.1) is 5.92 Å². The standard InChI is InChI=1S/C22H27N3O7S2/c1-32-22(27)16-4-3-13-25(15-16)34(30,31)20-11-5-17(6-12-20)23-14-21(26)24-18-7-9-19(10-8-18)33(2,28)29/h5-12,16,23H,3-4,13-15H2,1-2H3,(H,24,26). The highest BCUT2D eigenvalue weighted by molar-refractivity contribution is 7.90. The van der Waals surface area contributed by atoms with Gasteiger partial charge in [0.15, 0.2) is 9.84 Å². The van der Waals surface area contributed by atoms with Crippen LogP contribution in [0.25, 0.3) is 0 Å². The maximum absolute atomic E-state index is 13.0. The van der Waals surface area contributed by atoms with Crippen LogP contribution in [-0.2, 0) is 34.2 Å². The average Bonchev–Trinajstić information content (AvgIpc) is 2.82. The lowest BCUT2D eigenvalue weighted by Crippen LogP contribution is -2.42. The second kappa shape index (κ2) is 10.5. The third-order valence-corrected chi connectivity index (χ3v) is 8.44. The quantitative estimate of drug-likeness (QED) is 0.513. The minimum atomic E-state index is -3.76. The highest BCUT2D eigenvalue weighted by Gasteiger charge is 2.33. The summed E-state index contributed by atoms with van der Waals surface area (Å²) in [7, 11) is -5.79. The van der Waals surface area contributed by atoms with Gasteiger partial charge in [-0.1, -0.05) is 0 Å². The van der Waals surface area contributed by atoms with Crippen molar-refractivity contribution in [2.45, 2.75) is 22.6 Å². The molecule has 0 spiro atoms. The molecule has 3 rings (SSSR count). The van der Waals surface area contributed by atoms with E-state index in [-0.39, 0.29) is 28.8 Å². The molecule has 1 amide bonds. The van der Waals surface area contributed by atoms with Crippen LogP contribution in [-0.4, -0.2) is 66.0 Å². The Labute approximate surface area is 199 Å². The van der Waals surface area contributed by atoms with Crippen molar-refractivity contribution in [3.05, 3.63) is 48.5 Å². The molecule has 0 aromatic heterocycles. The van der Waals surface area contributed by atoms with E-state index >= 15 is 0 Å². The van der Waals surface area contributed by atoms with Gasteiger partial charge in [0.25, 0.3) is 0 Å². The first-order valence-corrected chi connectivity index (χ1v) is 13.9. The minimum absolute atomic E-state index is 0.0765. The summed E-state index contributed by atoms with van der Waals surface area (Å²) in [6.45, 7) is 0.342. The van der Waals surface area contributed by atoms with E-state index in [1.54, 1.807) is 12.1 Å². The van der Waals surface area contributed by atoms with Gasteiger partial charge in [-0.25, -0.2) is 16.8 Å². The van der Waals surface area contributed by atoms with Crippen molar-refractivity contribution in [2.75, 3.05) is 43.6 Å². The van der Waals surface area contributed by atoms with Gasteiger partial charge in [-0.15, -0.1) is 0 Å². The SMILES string of the molecule is COC(=O)C1CCCN(S(=O)(=O)c2ccc(NCC(=O)Nc3ccc(S(C)(=O)=O)cc3)cc2)C1. The molecule has 34 heavy (non-hydrogen) atoms. The molecule has 10 nitrogen and oxygen atoms in total. The van der Waals surface area contributed by atoms with Crippen LogP contribution >= 0.6 is 0 Å². The topological polar surface area (TPSA) is 139 Å². The Hall–Kier alpha value is -2.96. The van der Waals surface area contributed by atoms with Crippen molar-refractivity contribution < 1.29 is 31.2 Å². The lowest BCUT2D eigenvalue weighted by Gasteiger charge is -2.30. The fraction of sp³-hybridized carbons (Fsp3) is 0.364. The van der Waals surface area contributed by atoms with Crippen molar-refractivity contribution in [3.8, 4) is 0 Å². The molecule has 1 fully saturated rings. The van der Waals surface area contributed by atoms with Gasteiger partial charge in [0.05, 0.1) is 29.4 Å². The summed E-state index contributed by atoms with van der Waals surface area (Å²) in [6, 6.07) is 11.8. The second-order valence-corrected chi connectivity index (χ2v) is 11.9. The predicted molar refractivity (Wildman–Crippen MR) is 127 cm³/mol. The highest BCUT2D eigenvalue weighted by Crippen LogP contribution is 2.25. The van der Waals surface area contributed by atoms with E-state index < -0.39 is 31.7 Å². The molecule has 184 valence electrons. The predicted octanol–water partition coefficient (Wildman–Crippen LogP) is 1.71.